The van der Waals surface area contributed by atoms with Gasteiger partial charge in [-0.2, -0.15) is 0 Å². The summed E-state index contributed by atoms with van der Waals surface area (Å²) in [5.74, 6) is 0. The smallest absolute Gasteiger partial charge is 0.207 e. The van der Waals surface area contributed by atoms with E-state index in [4.69, 9.17) is 0 Å². The molecule has 0 atom stereocenters. The Balaban J connectivity index is 1.72. The molecule has 6 nitrogen and oxygen atoms in total. The number of hydrogen-bond acceptors (Lipinski definition) is 4. The van der Waals surface area contributed by atoms with Gasteiger partial charge >= 0.3 is 0 Å². The molecule has 0 fully saturated rings. The molecule has 0 aromatic heterocycles. The minimum Gasteiger partial charge on any atom is -0.207 e. The summed E-state index contributed by atoms with van der Waals surface area (Å²) >= 11 is 0. The summed E-state index contributed by atoms with van der Waals surface area (Å²) in [6.45, 7) is 0. The van der Waals surface area contributed by atoms with Crippen LogP contribution in [-0.4, -0.2) is 53.6 Å². The number of sulfonamides is 2. The molecule has 2 aromatic rings. The molecule has 8 heteroatoms. The molecule has 0 bridgehead atoms. The highest BCUT2D eigenvalue weighted by Crippen LogP contribution is 2.17. The van der Waals surface area contributed by atoms with Gasteiger partial charge in [0.2, 0.25) is 20.0 Å². The van der Waals surface area contributed by atoms with Crippen molar-refractivity contribution in [1.29, 1.82) is 0 Å². The molecule has 0 aliphatic heterocycles. The Morgan fingerprint density at radius 1 is 0.533 bits per heavy atom. The molecule has 166 valence electrons. The summed E-state index contributed by atoms with van der Waals surface area (Å²) in [6.07, 6.45) is 6.17. The first kappa shape index (κ1) is 24.5. The largest absolute Gasteiger partial charge is 0.242 e. The van der Waals surface area contributed by atoms with Crippen molar-refractivity contribution in [3.8, 4) is 0 Å². The molecule has 0 aliphatic rings. The number of unbranched alkanes of at least 4 members (excludes halogenated alkanes) is 3. The molecule has 0 spiro atoms. The third-order valence-electron chi connectivity index (χ3n) is 5.08. The molecule has 0 radical (unpaired) electrons. The van der Waals surface area contributed by atoms with Crippen molar-refractivity contribution in [2.24, 2.45) is 0 Å². The number of rotatable bonds is 11. The van der Waals surface area contributed by atoms with Gasteiger partial charge in [0, 0.05) is 28.2 Å². The Labute approximate surface area is 181 Å². The molecule has 30 heavy (non-hydrogen) atoms. The van der Waals surface area contributed by atoms with Crippen LogP contribution in [0.15, 0.2) is 58.3 Å². The second-order valence-electron chi connectivity index (χ2n) is 7.78. The second-order valence-corrected chi connectivity index (χ2v) is 12.1. The lowest BCUT2D eigenvalue weighted by molar-refractivity contribution is 0.519. The van der Waals surface area contributed by atoms with Gasteiger partial charge in [-0.25, -0.2) is 25.4 Å². The molecule has 0 N–H and O–H groups in total. The summed E-state index contributed by atoms with van der Waals surface area (Å²) in [5, 5.41) is 0. The Kier molecular flexibility index (Phi) is 8.61. The van der Waals surface area contributed by atoms with Crippen molar-refractivity contribution < 1.29 is 16.8 Å². The summed E-state index contributed by atoms with van der Waals surface area (Å²) in [6, 6.07) is 14.2. The van der Waals surface area contributed by atoms with Gasteiger partial charge in [0.15, 0.2) is 0 Å². The molecule has 0 saturated carbocycles. The summed E-state index contributed by atoms with van der Waals surface area (Å²) in [4.78, 5) is 0.640. The van der Waals surface area contributed by atoms with Crippen molar-refractivity contribution in [2.75, 3.05) is 28.2 Å². The molecule has 0 aliphatic carbocycles. The Morgan fingerprint density at radius 3 is 1.10 bits per heavy atom. The van der Waals surface area contributed by atoms with Gasteiger partial charge in [0.25, 0.3) is 0 Å². The fourth-order valence-electron chi connectivity index (χ4n) is 3.09. The van der Waals surface area contributed by atoms with Gasteiger partial charge in [-0.3, -0.25) is 0 Å². The Hall–Kier alpha value is -1.74. The SMILES string of the molecule is CN(C)S(=O)(=O)c1ccc(CCCCCCc2ccc(S(=O)(=O)N(C)C)cc2)cc1. The van der Waals surface area contributed by atoms with E-state index in [-0.39, 0.29) is 0 Å². The number of hydrogen-bond donors (Lipinski definition) is 0. The zero-order valence-corrected chi connectivity index (χ0v) is 19.8. The number of aryl methyl sites for hydroxylation is 2. The van der Waals surface area contributed by atoms with Crippen LogP contribution in [0.1, 0.15) is 36.8 Å². The van der Waals surface area contributed by atoms with Crippen molar-refractivity contribution in [2.45, 2.75) is 48.3 Å². The van der Waals surface area contributed by atoms with E-state index in [1.54, 1.807) is 24.3 Å². The van der Waals surface area contributed by atoms with Crippen molar-refractivity contribution in [1.82, 2.24) is 8.61 Å². The molecule has 0 amide bonds. The molecule has 2 aromatic carbocycles. The predicted molar refractivity (Wildman–Crippen MR) is 121 cm³/mol. The zero-order valence-electron chi connectivity index (χ0n) is 18.2. The molecule has 0 unspecified atom stereocenters. The van der Waals surface area contributed by atoms with Crippen LogP contribution in [-0.2, 0) is 32.9 Å². The highest BCUT2D eigenvalue weighted by Gasteiger charge is 2.17. The predicted octanol–water partition coefficient (Wildman–Crippen LogP) is 3.53. The summed E-state index contributed by atoms with van der Waals surface area (Å²) in [7, 11) is -0.616. The molecule has 0 heterocycles. The highest BCUT2D eigenvalue weighted by molar-refractivity contribution is 7.89. The highest BCUT2D eigenvalue weighted by atomic mass is 32.2. The van der Waals surface area contributed by atoms with E-state index in [0.717, 1.165) is 49.7 Å². The first-order chi connectivity index (χ1) is 14.0. The molecule has 2 rings (SSSR count). The maximum atomic E-state index is 12.1. The lowest BCUT2D eigenvalue weighted by Gasteiger charge is -2.12. The van der Waals surface area contributed by atoms with E-state index < -0.39 is 20.0 Å². The fraction of sp³-hybridized carbons (Fsp3) is 0.455. The normalized spacial score (nSPS) is 12.6. The van der Waals surface area contributed by atoms with E-state index >= 15 is 0 Å². The van der Waals surface area contributed by atoms with E-state index in [2.05, 4.69) is 0 Å². The maximum Gasteiger partial charge on any atom is 0.242 e. The lowest BCUT2D eigenvalue weighted by Crippen LogP contribution is -2.22. The van der Waals surface area contributed by atoms with Crippen LogP contribution >= 0.6 is 0 Å². The number of nitrogens with zero attached hydrogens (tertiary/aromatic N) is 2. The van der Waals surface area contributed by atoms with Gasteiger partial charge in [-0.1, -0.05) is 37.1 Å². The van der Waals surface area contributed by atoms with E-state index in [1.165, 1.54) is 36.8 Å². The lowest BCUT2D eigenvalue weighted by atomic mass is 10.0. The van der Waals surface area contributed by atoms with Crippen LogP contribution in [0.2, 0.25) is 0 Å². The molecule has 0 saturated heterocycles. The summed E-state index contributed by atoms with van der Waals surface area (Å²) in [5.41, 5.74) is 2.29. The Bertz CT molecular complexity index is 926. The topological polar surface area (TPSA) is 74.8 Å². The van der Waals surface area contributed by atoms with Crippen LogP contribution in [0.3, 0.4) is 0 Å². The minimum absolute atomic E-state index is 0.320. The second kappa shape index (κ2) is 10.5. The van der Waals surface area contributed by atoms with Crippen molar-refractivity contribution in [3.05, 3.63) is 59.7 Å². The summed E-state index contributed by atoms with van der Waals surface area (Å²) < 4.78 is 50.8. The average molecular weight is 453 g/mol. The van der Waals surface area contributed by atoms with Crippen LogP contribution in [0.4, 0.5) is 0 Å². The van der Waals surface area contributed by atoms with Crippen LogP contribution < -0.4 is 0 Å². The number of benzene rings is 2. The molecular weight excluding hydrogens is 420 g/mol. The van der Waals surface area contributed by atoms with E-state index in [9.17, 15) is 16.8 Å². The fourth-order valence-corrected chi connectivity index (χ4v) is 4.89. The van der Waals surface area contributed by atoms with E-state index in [1.807, 2.05) is 24.3 Å². The minimum atomic E-state index is -3.37. The van der Waals surface area contributed by atoms with E-state index in [0.29, 0.717) is 9.79 Å². The zero-order chi connectivity index (χ0) is 22.4. The monoisotopic (exact) mass is 452 g/mol. The van der Waals surface area contributed by atoms with Gasteiger partial charge < -0.3 is 0 Å². The standard InChI is InChI=1S/C22H32N2O4S2/c1-23(2)29(25,26)21-15-11-19(12-16-21)9-7-5-6-8-10-20-13-17-22(18-14-20)30(27,28)24(3)4/h11-18H,5-10H2,1-4H3. The van der Waals surface area contributed by atoms with Gasteiger partial charge in [0.05, 0.1) is 9.79 Å². The first-order valence-corrected chi connectivity index (χ1v) is 13.0. The van der Waals surface area contributed by atoms with Crippen molar-refractivity contribution in [3.63, 3.8) is 0 Å². The van der Waals surface area contributed by atoms with Crippen LogP contribution in [0.5, 0.6) is 0 Å². The third kappa shape index (κ3) is 6.38. The van der Waals surface area contributed by atoms with Gasteiger partial charge in [-0.15, -0.1) is 0 Å². The van der Waals surface area contributed by atoms with Gasteiger partial charge in [-0.05, 0) is 61.1 Å². The molecular formula is C22H32N2O4S2. The van der Waals surface area contributed by atoms with Crippen LogP contribution in [0.25, 0.3) is 0 Å². The van der Waals surface area contributed by atoms with Crippen molar-refractivity contribution >= 4 is 20.0 Å². The quantitative estimate of drug-likeness (QED) is 0.489. The van der Waals surface area contributed by atoms with Crippen LogP contribution in [0, 0.1) is 0 Å². The first-order valence-electron chi connectivity index (χ1n) is 10.1. The third-order valence-corrected chi connectivity index (χ3v) is 8.74. The average Bonchev–Trinajstić information content (AvgIpc) is 2.71. The Morgan fingerprint density at radius 2 is 0.833 bits per heavy atom. The van der Waals surface area contributed by atoms with Gasteiger partial charge in [0.1, 0.15) is 0 Å². The maximum absolute atomic E-state index is 12.1.